The van der Waals surface area contributed by atoms with Crippen LogP contribution in [0.4, 0.5) is 0 Å². The van der Waals surface area contributed by atoms with Gasteiger partial charge in [-0.05, 0) is 19.8 Å². The molecule has 0 aromatic heterocycles. The van der Waals surface area contributed by atoms with Gasteiger partial charge in [-0.2, -0.15) is 0 Å². The zero-order valence-corrected chi connectivity index (χ0v) is 8.70. The molecule has 1 atom stereocenters. The highest BCUT2D eigenvalue weighted by molar-refractivity contribution is 5.82. The van der Waals surface area contributed by atoms with Gasteiger partial charge in [0.05, 0.1) is 6.04 Å². The summed E-state index contributed by atoms with van der Waals surface area (Å²) in [6.07, 6.45) is 5.36. The summed E-state index contributed by atoms with van der Waals surface area (Å²) in [5.41, 5.74) is 6.97. The van der Waals surface area contributed by atoms with Gasteiger partial charge in [0.1, 0.15) is 0 Å². The fourth-order valence-corrected chi connectivity index (χ4v) is 1.61. The average molecular weight is 194 g/mol. The zero-order chi connectivity index (χ0) is 10.6. The molecule has 0 aromatic carbocycles. The predicted octanol–water partition coefficient (Wildman–Crippen LogP) is 1.07. The third-order valence-corrected chi connectivity index (χ3v) is 2.38. The standard InChI is InChI=1S/C11H18N2O/c1-3-5-10(12)11(14)13-7-4-6-9(2)8-13/h3,6,10H,1,4-5,7-8,12H2,2H3. The summed E-state index contributed by atoms with van der Waals surface area (Å²) in [4.78, 5) is 13.6. The SMILES string of the molecule is C=CCC(N)C(=O)N1CCC=C(C)C1. The highest BCUT2D eigenvalue weighted by Gasteiger charge is 2.21. The predicted molar refractivity (Wildman–Crippen MR) is 57.7 cm³/mol. The molecule has 0 spiro atoms. The van der Waals surface area contributed by atoms with Crippen molar-refractivity contribution in [2.24, 2.45) is 5.73 Å². The minimum Gasteiger partial charge on any atom is -0.337 e. The molecule has 0 aromatic rings. The Morgan fingerprint density at radius 2 is 2.57 bits per heavy atom. The molecule has 0 fully saturated rings. The van der Waals surface area contributed by atoms with Crippen LogP contribution in [-0.4, -0.2) is 29.9 Å². The van der Waals surface area contributed by atoms with Gasteiger partial charge in [0, 0.05) is 13.1 Å². The van der Waals surface area contributed by atoms with Crippen molar-refractivity contribution >= 4 is 5.91 Å². The zero-order valence-electron chi connectivity index (χ0n) is 8.70. The van der Waals surface area contributed by atoms with Crippen LogP contribution in [0, 0.1) is 0 Å². The van der Waals surface area contributed by atoms with Crippen molar-refractivity contribution in [2.75, 3.05) is 13.1 Å². The van der Waals surface area contributed by atoms with Gasteiger partial charge in [-0.15, -0.1) is 6.58 Å². The second-order valence-electron chi connectivity index (χ2n) is 3.73. The smallest absolute Gasteiger partial charge is 0.240 e. The lowest BCUT2D eigenvalue weighted by Crippen LogP contribution is -2.45. The Balaban J connectivity index is 2.52. The largest absolute Gasteiger partial charge is 0.337 e. The highest BCUT2D eigenvalue weighted by atomic mass is 16.2. The molecule has 2 N–H and O–H groups in total. The van der Waals surface area contributed by atoms with E-state index in [4.69, 9.17) is 5.73 Å². The molecule has 1 heterocycles. The molecule has 1 aliphatic heterocycles. The fourth-order valence-electron chi connectivity index (χ4n) is 1.61. The molecule has 3 heteroatoms. The number of hydrogen-bond acceptors (Lipinski definition) is 2. The van der Waals surface area contributed by atoms with Crippen molar-refractivity contribution in [3.63, 3.8) is 0 Å². The molecule has 1 aliphatic rings. The molecular formula is C11H18N2O. The Morgan fingerprint density at radius 1 is 1.86 bits per heavy atom. The Labute approximate surface area is 85.3 Å². The van der Waals surface area contributed by atoms with E-state index in [2.05, 4.69) is 12.7 Å². The van der Waals surface area contributed by atoms with Gasteiger partial charge in [-0.3, -0.25) is 4.79 Å². The number of hydrogen-bond donors (Lipinski definition) is 1. The van der Waals surface area contributed by atoms with Crippen molar-refractivity contribution in [3.05, 3.63) is 24.3 Å². The Kier molecular flexibility index (Phi) is 3.89. The summed E-state index contributed by atoms with van der Waals surface area (Å²) in [7, 11) is 0. The average Bonchev–Trinajstić information content (AvgIpc) is 2.17. The monoisotopic (exact) mass is 194 g/mol. The Hall–Kier alpha value is -1.09. The topological polar surface area (TPSA) is 46.3 Å². The first-order valence-electron chi connectivity index (χ1n) is 4.96. The molecular weight excluding hydrogens is 176 g/mol. The van der Waals surface area contributed by atoms with Crippen LogP contribution in [0.1, 0.15) is 19.8 Å². The molecule has 78 valence electrons. The third kappa shape index (κ3) is 2.70. The van der Waals surface area contributed by atoms with E-state index in [9.17, 15) is 4.79 Å². The molecule has 1 unspecified atom stereocenters. The Bertz CT molecular complexity index is 258. The summed E-state index contributed by atoms with van der Waals surface area (Å²) >= 11 is 0. The number of rotatable bonds is 3. The summed E-state index contributed by atoms with van der Waals surface area (Å²) in [6.45, 7) is 7.14. The van der Waals surface area contributed by atoms with Crippen LogP contribution in [0.3, 0.4) is 0 Å². The van der Waals surface area contributed by atoms with Crippen LogP contribution in [0.5, 0.6) is 0 Å². The maximum atomic E-state index is 11.8. The van der Waals surface area contributed by atoms with E-state index in [1.165, 1.54) is 5.57 Å². The van der Waals surface area contributed by atoms with Gasteiger partial charge in [0.2, 0.25) is 5.91 Å². The number of carbonyl (C=O) groups excluding carboxylic acids is 1. The summed E-state index contributed by atoms with van der Waals surface area (Å²) in [5.74, 6) is 0.0392. The van der Waals surface area contributed by atoms with Crippen LogP contribution in [-0.2, 0) is 4.79 Å². The molecule has 0 aliphatic carbocycles. The Morgan fingerprint density at radius 3 is 3.14 bits per heavy atom. The van der Waals surface area contributed by atoms with E-state index in [0.717, 1.165) is 19.5 Å². The summed E-state index contributed by atoms with van der Waals surface area (Å²) in [5, 5.41) is 0. The van der Waals surface area contributed by atoms with Gasteiger partial charge < -0.3 is 10.6 Å². The lowest BCUT2D eigenvalue weighted by molar-refractivity contribution is -0.132. The van der Waals surface area contributed by atoms with Gasteiger partial charge in [-0.25, -0.2) is 0 Å². The first kappa shape index (κ1) is 11.0. The van der Waals surface area contributed by atoms with E-state index in [1.807, 2.05) is 11.8 Å². The number of nitrogens with two attached hydrogens (primary N) is 1. The van der Waals surface area contributed by atoms with Gasteiger partial charge in [0.15, 0.2) is 0 Å². The third-order valence-electron chi connectivity index (χ3n) is 2.38. The van der Waals surface area contributed by atoms with Crippen LogP contribution < -0.4 is 5.73 Å². The molecule has 0 saturated carbocycles. The van der Waals surface area contributed by atoms with E-state index >= 15 is 0 Å². The lowest BCUT2D eigenvalue weighted by Gasteiger charge is -2.28. The molecule has 0 radical (unpaired) electrons. The summed E-state index contributed by atoms with van der Waals surface area (Å²) in [6, 6.07) is -0.418. The maximum absolute atomic E-state index is 11.8. The second kappa shape index (κ2) is 4.96. The fraction of sp³-hybridized carbons (Fsp3) is 0.545. The second-order valence-corrected chi connectivity index (χ2v) is 3.73. The molecule has 3 nitrogen and oxygen atoms in total. The van der Waals surface area contributed by atoms with Crippen molar-refractivity contribution in [1.29, 1.82) is 0 Å². The number of carbonyl (C=O) groups is 1. The highest BCUT2D eigenvalue weighted by Crippen LogP contribution is 2.10. The van der Waals surface area contributed by atoms with Crippen LogP contribution >= 0.6 is 0 Å². The van der Waals surface area contributed by atoms with E-state index in [-0.39, 0.29) is 5.91 Å². The first-order chi connectivity index (χ1) is 6.65. The van der Waals surface area contributed by atoms with Gasteiger partial charge >= 0.3 is 0 Å². The van der Waals surface area contributed by atoms with Crippen LogP contribution in [0.25, 0.3) is 0 Å². The van der Waals surface area contributed by atoms with Crippen molar-refractivity contribution in [3.8, 4) is 0 Å². The minimum atomic E-state index is -0.418. The van der Waals surface area contributed by atoms with E-state index < -0.39 is 6.04 Å². The minimum absolute atomic E-state index is 0.0392. The molecule has 0 bridgehead atoms. The van der Waals surface area contributed by atoms with Crippen LogP contribution in [0.15, 0.2) is 24.3 Å². The maximum Gasteiger partial charge on any atom is 0.240 e. The van der Waals surface area contributed by atoms with Gasteiger partial charge in [-0.1, -0.05) is 17.7 Å². The molecule has 1 rings (SSSR count). The number of amides is 1. The molecule has 1 amide bonds. The lowest BCUT2D eigenvalue weighted by atomic mass is 10.1. The quantitative estimate of drug-likeness (QED) is 0.683. The van der Waals surface area contributed by atoms with Gasteiger partial charge in [0.25, 0.3) is 0 Å². The summed E-state index contributed by atoms with van der Waals surface area (Å²) < 4.78 is 0. The van der Waals surface area contributed by atoms with Crippen molar-refractivity contribution in [1.82, 2.24) is 4.90 Å². The van der Waals surface area contributed by atoms with Crippen molar-refractivity contribution < 1.29 is 4.79 Å². The van der Waals surface area contributed by atoms with E-state index in [1.54, 1.807) is 6.08 Å². The van der Waals surface area contributed by atoms with E-state index in [0.29, 0.717) is 6.42 Å². The van der Waals surface area contributed by atoms with Crippen LogP contribution in [0.2, 0.25) is 0 Å². The normalized spacial score (nSPS) is 18.7. The van der Waals surface area contributed by atoms with Crippen molar-refractivity contribution in [2.45, 2.75) is 25.8 Å². The first-order valence-corrected chi connectivity index (χ1v) is 4.96. The number of nitrogens with zero attached hydrogens (tertiary/aromatic N) is 1. The molecule has 14 heavy (non-hydrogen) atoms. The molecule has 0 saturated heterocycles.